The standard InChI is InChI=1S/C17H29N5O2.ClH/c1-2-14(13-23)20-8-10-21(11-9-20)17(24)16-5-7-22(19-16)15-4-3-6-18-12-15;/h5,7,14-15,18,23H,2-4,6,8-13H2,1H3;1H. The average Bonchev–Trinajstić information content (AvgIpc) is 3.14. The van der Waals surface area contributed by atoms with E-state index in [1.807, 2.05) is 21.8 Å². The molecule has 0 saturated carbocycles. The molecular weight excluding hydrogens is 342 g/mol. The van der Waals surface area contributed by atoms with E-state index in [-0.39, 0.29) is 31.0 Å². The first-order chi connectivity index (χ1) is 11.7. The number of carbonyl (C=O) groups excluding carboxylic acids is 1. The van der Waals surface area contributed by atoms with Crippen LogP contribution in [0.5, 0.6) is 0 Å². The molecule has 0 bridgehead atoms. The SMILES string of the molecule is CCC(CO)N1CCN(C(=O)c2ccn(C3CCCNC3)n2)CC1.Cl. The third-order valence-corrected chi connectivity index (χ3v) is 5.27. The van der Waals surface area contributed by atoms with Crippen LogP contribution in [-0.2, 0) is 0 Å². The van der Waals surface area contributed by atoms with Crippen molar-refractivity contribution in [3.63, 3.8) is 0 Å². The molecule has 2 atom stereocenters. The van der Waals surface area contributed by atoms with Gasteiger partial charge in [0.25, 0.3) is 5.91 Å². The number of hydrogen-bond acceptors (Lipinski definition) is 5. The first kappa shape index (κ1) is 20.2. The second kappa shape index (κ2) is 9.52. The Labute approximate surface area is 155 Å². The highest BCUT2D eigenvalue weighted by molar-refractivity contribution is 5.92. The number of nitrogens with one attached hydrogen (secondary N) is 1. The Bertz CT molecular complexity index is 535. The highest BCUT2D eigenvalue weighted by Gasteiger charge is 2.27. The second-order valence-corrected chi connectivity index (χ2v) is 6.75. The Hall–Kier alpha value is -1.15. The first-order valence-electron chi connectivity index (χ1n) is 9.13. The molecule has 2 aliphatic heterocycles. The zero-order valence-corrected chi connectivity index (χ0v) is 15.7. The number of aromatic nitrogens is 2. The van der Waals surface area contributed by atoms with E-state index in [0.29, 0.717) is 24.8 Å². The summed E-state index contributed by atoms with van der Waals surface area (Å²) in [5, 5.41) is 17.3. The minimum atomic E-state index is 0. The van der Waals surface area contributed by atoms with E-state index < -0.39 is 0 Å². The molecular formula is C17H30ClN5O2. The Morgan fingerprint density at radius 1 is 1.40 bits per heavy atom. The third-order valence-electron chi connectivity index (χ3n) is 5.27. The number of nitrogens with zero attached hydrogens (tertiary/aromatic N) is 4. The Balaban J connectivity index is 0.00000225. The maximum absolute atomic E-state index is 12.7. The van der Waals surface area contributed by atoms with Crippen LogP contribution < -0.4 is 5.32 Å². The molecule has 2 N–H and O–H groups in total. The molecule has 1 amide bonds. The van der Waals surface area contributed by atoms with Crippen molar-refractivity contribution in [2.45, 2.75) is 38.3 Å². The van der Waals surface area contributed by atoms with Crippen molar-refractivity contribution in [1.82, 2.24) is 24.9 Å². The number of aliphatic hydroxyl groups excluding tert-OH is 1. The van der Waals surface area contributed by atoms with Crippen molar-refractivity contribution in [3.8, 4) is 0 Å². The summed E-state index contributed by atoms with van der Waals surface area (Å²) in [6, 6.07) is 2.40. The van der Waals surface area contributed by atoms with Crippen LogP contribution >= 0.6 is 12.4 Å². The van der Waals surface area contributed by atoms with Crippen molar-refractivity contribution in [1.29, 1.82) is 0 Å². The largest absolute Gasteiger partial charge is 0.395 e. The lowest BCUT2D eigenvalue weighted by molar-refractivity contribution is 0.0467. The molecule has 1 aromatic rings. The summed E-state index contributed by atoms with van der Waals surface area (Å²) < 4.78 is 1.94. The Kier molecular flexibility index (Phi) is 7.68. The number of halogens is 1. The molecule has 0 radical (unpaired) electrons. The molecule has 2 fully saturated rings. The molecule has 3 rings (SSSR count). The Morgan fingerprint density at radius 3 is 2.76 bits per heavy atom. The number of rotatable bonds is 5. The molecule has 0 aromatic carbocycles. The zero-order chi connectivity index (χ0) is 16.9. The fourth-order valence-electron chi connectivity index (χ4n) is 3.67. The molecule has 0 spiro atoms. The summed E-state index contributed by atoms with van der Waals surface area (Å²) in [4.78, 5) is 16.8. The van der Waals surface area contributed by atoms with Gasteiger partial charge in [0, 0.05) is 45.0 Å². The van der Waals surface area contributed by atoms with Crippen molar-refractivity contribution in [2.75, 3.05) is 45.9 Å². The third kappa shape index (κ3) is 4.73. The van der Waals surface area contributed by atoms with E-state index in [4.69, 9.17) is 0 Å². The van der Waals surface area contributed by atoms with Gasteiger partial charge in [-0.25, -0.2) is 0 Å². The maximum atomic E-state index is 12.7. The Morgan fingerprint density at radius 2 is 2.16 bits per heavy atom. The highest BCUT2D eigenvalue weighted by Crippen LogP contribution is 2.17. The van der Waals surface area contributed by atoms with Crippen LogP contribution in [0.1, 0.15) is 42.7 Å². The minimum absolute atomic E-state index is 0. The minimum Gasteiger partial charge on any atom is -0.395 e. The summed E-state index contributed by atoms with van der Waals surface area (Å²) >= 11 is 0. The van der Waals surface area contributed by atoms with Crippen molar-refractivity contribution in [2.24, 2.45) is 0 Å². The summed E-state index contributed by atoms with van der Waals surface area (Å²) in [6.07, 6.45) is 5.13. The summed E-state index contributed by atoms with van der Waals surface area (Å²) in [5.74, 6) is 0.0224. The molecule has 1 aromatic heterocycles. The van der Waals surface area contributed by atoms with Crippen molar-refractivity contribution in [3.05, 3.63) is 18.0 Å². The predicted molar refractivity (Wildman–Crippen MR) is 99.3 cm³/mol. The van der Waals surface area contributed by atoms with Gasteiger partial charge in [0.15, 0.2) is 0 Å². The van der Waals surface area contributed by atoms with Crippen molar-refractivity contribution < 1.29 is 9.90 Å². The zero-order valence-electron chi connectivity index (χ0n) is 14.9. The average molecular weight is 372 g/mol. The van der Waals surface area contributed by atoms with E-state index >= 15 is 0 Å². The van der Waals surface area contributed by atoms with Crippen LogP contribution in [0.3, 0.4) is 0 Å². The van der Waals surface area contributed by atoms with Gasteiger partial charge in [0.1, 0.15) is 5.69 Å². The lowest BCUT2D eigenvalue weighted by Gasteiger charge is -2.38. The van der Waals surface area contributed by atoms with E-state index in [1.54, 1.807) is 0 Å². The molecule has 2 unspecified atom stereocenters. The molecule has 142 valence electrons. The van der Waals surface area contributed by atoms with Crippen molar-refractivity contribution >= 4 is 18.3 Å². The summed E-state index contributed by atoms with van der Waals surface area (Å²) in [5.41, 5.74) is 0.545. The van der Waals surface area contributed by atoms with E-state index in [2.05, 4.69) is 22.2 Å². The van der Waals surface area contributed by atoms with Gasteiger partial charge in [0.05, 0.1) is 12.6 Å². The van der Waals surface area contributed by atoms with E-state index in [0.717, 1.165) is 45.4 Å². The fraction of sp³-hybridized carbons (Fsp3) is 0.765. The monoisotopic (exact) mass is 371 g/mol. The molecule has 2 aliphatic rings. The second-order valence-electron chi connectivity index (χ2n) is 6.75. The molecule has 25 heavy (non-hydrogen) atoms. The summed E-state index contributed by atoms with van der Waals surface area (Å²) in [7, 11) is 0. The quantitative estimate of drug-likeness (QED) is 0.799. The van der Waals surface area contributed by atoms with Crippen LogP contribution in [0.4, 0.5) is 0 Å². The number of carbonyl (C=O) groups is 1. The van der Waals surface area contributed by atoms with E-state index in [9.17, 15) is 9.90 Å². The van der Waals surface area contributed by atoms with Crippen LogP contribution in [0.25, 0.3) is 0 Å². The molecule has 8 heteroatoms. The number of aliphatic hydroxyl groups is 1. The molecule has 7 nitrogen and oxygen atoms in total. The molecule has 0 aliphatic carbocycles. The number of hydrogen-bond donors (Lipinski definition) is 2. The van der Waals surface area contributed by atoms with Gasteiger partial charge < -0.3 is 15.3 Å². The van der Waals surface area contributed by atoms with Crippen LogP contribution in [-0.4, -0.2) is 82.5 Å². The van der Waals surface area contributed by atoms with Crippen LogP contribution in [0, 0.1) is 0 Å². The highest BCUT2D eigenvalue weighted by atomic mass is 35.5. The van der Waals surface area contributed by atoms with E-state index in [1.165, 1.54) is 0 Å². The van der Waals surface area contributed by atoms with Crippen LogP contribution in [0.2, 0.25) is 0 Å². The van der Waals surface area contributed by atoms with Gasteiger partial charge in [-0.2, -0.15) is 5.10 Å². The van der Waals surface area contributed by atoms with Gasteiger partial charge >= 0.3 is 0 Å². The molecule has 3 heterocycles. The van der Waals surface area contributed by atoms with Gasteiger partial charge in [-0.1, -0.05) is 6.92 Å². The number of piperidine rings is 1. The van der Waals surface area contributed by atoms with Gasteiger partial charge in [-0.15, -0.1) is 12.4 Å². The smallest absolute Gasteiger partial charge is 0.274 e. The predicted octanol–water partition coefficient (Wildman–Crippen LogP) is 0.758. The van der Waals surface area contributed by atoms with Crippen LogP contribution in [0.15, 0.2) is 12.3 Å². The van der Waals surface area contributed by atoms with Gasteiger partial charge in [-0.05, 0) is 31.9 Å². The maximum Gasteiger partial charge on any atom is 0.274 e. The lowest BCUT2D eigenvalue weighted by Crippen LogP contribution is -2.52. The van der Waals surface area contributed by atoms with Gasteiger partial charge in [-0.3, -0.25) is 14.4 Å². The summed E-state index contributed by atoms with van der Waals surface area (Å²) in [6.45, 7) is 7.31. The number of piperazine rings is 1. The fourth-order valence-corrected chi connectivity index (χ4v) is 3.67. The first-order valence-corrected chi connectivity index (χ1v) is 9.13. The van der Waals surface area contributed by atoms with Gasteiger partial charge in [0.2, 0.25) is 0 Å². The molecule has 2 saturated heterocycles. The number of amides is 1. The topological polar surface area (TPSA) is 73.6 Å². The lowest BCUT2D eigenvalue weighted by atomic mass is 10.1. The normalized spacial score (nSPS) is 23.1.